The number of hydrogen-bond acceptors (Lipinski definition) is 7. The second-order valence-electron chi connectivity index (χ2n) is 5.04. The number of ether oxygens (including phenoxy) is 1. The third-order valence-corrected chi connectivity index (χ3v) is 3.55. The van der Waals surface area contributed by atoms with Crippen LogP contribution >= 0.6 is 12.2 Å². The predicted molar refractivity (Wildman–Crippen MR) is 100 cm³/mol. The van der Waals surface area contributed by atoms with E-state index >= 15 is 0 Å². The summed E-state index contributed by atoms with van der Waals surface area (Å²) in [4.78, 5) is 16.7. The molecule has 1 fully saturated rings. The van der Waals surface area contributed by atoms with Crippen LogP contribution in [-0.4, -0.2) is 18.2 Å². The number of rotatable bonds is 4. The summed E-state index contributed by atoms with van der Waals surface area (Å²) in [6, 6.07) is 16.4. The van der Waals surface area contributed by atoms with Gasteiger partial charge in [0.25, 0.3) is 0 Å². The minimum absolute atomic E-state index is 0.168. The molecule has 132 valence electrons. The highest BCUT2D eigenvalue weighted by Gasteiger charge is 2.29. The predicted octanol–water partition coefficient (Wildman–Crippen LogP) is 3.17. The average Bonchev–Trinajstić information content (AvgIpc) is 3.03. The molecule has 0 spiro atoms. The Bertz CT molecular complexity index is 852. The maximum atomic E-state index is 11.9. The summed E-state index contributed by atoms with van der Waals surface area (Å²) in [5, 5.41) is 12.2. The lowest BCUT2D eigenvalue weighted by atomic mass is 10.3. The molecule has 0 aliphatic carbocycles. The number of azo groups is 1. The monoisotopic (exact) mass is 369 g/mol. The second kappa shape index (κ2) is 8.19. The minimum atomic E-state index is -0.582. The third kappa shape index (κ3) is 4.21. The molecule has 26 heavy (non-hydrogen) atoms. The van der Waals surface area contributed by atoms with Gasteiger partial charge < -0.3 is 14.9 Å². The summed E-state index contributed by atoms with van der Waals surface area (Å²) >= 11 is 5.10. The fraction of sp³-hybridized carbons (Fsp3) is 0.0588. The van der Waals surface area contributed by atoms with Gasteiger partial charge in [-0.05, 0) is 48.6 Å². The molecule has 1 saturated heterocycles. The Kier molecular flexibility index (Phi) is 5.52. The summed E-state index contributed by atoms with van der Waals surface area (Å²) in [6.45, 7) is 0. The number of benzene rings is 2. The molecular formula is C17H15N5O3S. The normalized spacial score (nSPS) is 15.3. The molecule has 2 aromatic carbocycles. The first-order chi connectivity index (χ1) is 12.7. The van der Waals surface area contributed by atoms with Crippen molar-refractivity contribution in [3.63, 3.8) is 0 Å². The quantitative estimate of drug-likeness (QED) is 0.486. The molecule has 0 amide bonds. The van der Waals surface area contributed by atoms with E-state index in [9.17, 15) is 4.79 Å². The molecule has 0 atom stereocenters. The van der Waals surface area contributed by atoms with E-state index in [0.717, 1.165) is 5.69 Å². The Morgan fingerprint density at radius 3 is 2.65 bits per heavy atom. The van der Waals surface area contributed by atoms with Gasteiger partial charge >= 0.3 is 5.97 Å². The number of para-hydroxylation sites is 1. The SMILES string of the molecule is COc1ccc(N2NOC(=O)C2=CN=NC(=S)Nc2ccccc2)cc1. The molecule has 3 rings (SSSR count). The Labute approximate surface area is 155 Å². The van der Waals surface area contributed by atoms with Crippen molar-refractivity contribution in [1.29, 1.82) is 0 Å². The summed E-state index contributed by atoms with van der Waals surface area (Å²) < 4.78 is 5.11. The van der Waals surface area contributed by atoms with Crippen LogP contribution in [0.25, 0.3) is 0 Å². The first-order valence-corrected chi connectivity index (χ1v) is 7.96. The van der Waals surface area contributed by atoms with Gasteiger partial charge in [0.15, 0.2) is 5.70 Å². The van der Waals surface area contributed by atoms with Gasteiger partial charge in [-0.15, -0.1) is 5.11 Å². The fourth-order valence-electron chi connectivity index (χ4n) is 2.12. The maximum Gasteiger partial charge on any atom is 0.378 e. The molecule has 0 aromatic heterocycles. The van der Waals surface area contributed by atoms with Crippen LogP contribution in [0, 0.1) is 0 Å². The number of carbonyl (C=O) groups excluding carboxylic acids is 1. The van der Waals surface area contributed by atoms with E-state index in [2.05, 4.69) is 21.1 Å². The summed E-state index contributed by atoms with van der Waals surface area (Å²) in [5.74, 6) is 0.115. The van der Waals surface area contributed by atoms with Gasteiger partial charge in [0.05, 0.1) is 19.0 Å². The highest BCUT2D eigenvalue weighted by Crippen LogP contribution is 2.24. The van der Waals surface area contributed by atoms with Crippen LogP contribution in [0.2, 0.25) is 0 Å². The van der Waals surface area contributed by atoms with Crippen LogP contribution in [0.15, 0.2) is 76.7 Å². The van der Waals surface area contributed by atoms with Gasteiger partial charge in [0.1, 0.15) is 5.75 Å². The molecule has 0 saturated carbocycles. The van der Waals surface area contributed by atoms with Crippen molar-refractivity contribution in [2.75, 3.05) is 17.4 Å². The molecule has 1 aliphatic rings. The first-order valence-electron chi connectivity index (χ1n) is 7.55. The van der Waals surface area contributed by atoms with Crippen molar-refractivity contribution in [2.45, 2.75) is 0 Å². The topological polar surface area (TPSA) is 87.6 Å². The van der Waals surface area contributed by atoms with Crippen molar-refractivity contribution in [3.05, 3.63) is 66.5 Å². The molecular weight excluding hydrogens is 354 g/mol. The summed E-state index contributed by atoms with van der Waals surface area (Å²) in [5.41, 5.74) is 4.15. The summed E-state index contributed by atoms with van der Waals surface area (Å²) in [6.07, 6.45) is 1.27. The molecule has 0 bridgehead atoms. The number of carbonyl (C=O) groups is 1. The summed E-state index contributed by atoms with van der Waals surface area (Å²) in [7, 11) is 1.58. The minimum Gasteiger partial charge on any atom is -0.497 e. The van der Waals surface area contributed by atoms with Gasteiger partial charge in [-0.3, -0.25) is 0 Å². The van der Waals surface area contributed by atoms with Gasteiger partial charge in [0.2, 0.25) is 5.11 Å². The van der Waals surface area contributed by atoms with E-state index in [1.165, 1.54) is 11.2 Å². The van der Waals surface area contributed by atoms with Crippen molar-refractivity contribution in [1.82, 2.24) is 5.59 Å². The van der Waals surface area contributed by atoms with Crippen molar-refractivity contribution in [3.8, 4) is 5.75 Å². The van der Waals surface area contributed by atoms with E-state index in [-0.39, 0.29) is 10.8 Å². The second-order valence-corrected chi connectivity index (χ2v) is 5.43. The van der Waals surface area contributed by atoms with E-state index in [4.69, 9.17) is 21.8 Å². The van der Waals surface area contributed by atoms with Crippen LogP contribution in [-0.2, 0) is 9.63 Å². The number of thiocarbonyl (C=S) groups is 1. The Hall–Kier alpha value is -3.30. The third-order valence-electron chi connectivity index (χ3n) is 3.36. The molecule has 2 N–H and O–H groups in total. The maximum absolute atomic E-state index is 11.9. The first kappa shape index (κ1) is 17.5. The van der Waals surface area contributed by atoms with Crippen LogP contribution in [0.1, 0.15) is 0 Å². The van der Waals surface area contributed by atoms with Crippen molar-refractivity contribution in [2.24, 2.45) is 10.2 Å². The van der Waals surface area contributed by atoms with Gasteiger partial charge in [-0.1, -0.05) is 23.8 Å². The van der Waals surface area contributed by atoms with E-state index in [1.54, 1.807) is 31.4 Å². The van der Waals surface area contributed by atoms with Crippen LogP contribution in [0.4, 0.5) is 11.4 Å². The van der Waals surface area contributed by atoms with Gasteiger partial charge in [-0.2, -0.15) is 5.11 Å². The molecule has 1 aliphatic heterocycles. The lowest BCUT2D eigenvalue weighted by Gasteiger charge is -2.14. The number of methoxy groups -OCH3 is 1. The van der Waals surface area contributed by atoms with E-state index < -0.39 is 5.97 Å². The van der Waals surface area contributed by atoms with E-state index in [0.29, 0.717) is 11.4 Å². The van der Waals surface area contributed by atoms with E-state index in [1.807, 2.05) is 30.3 Å². The zero-order valence-electron chi connectivity index (χ0n) is 13.7. The molecule has 0 radical (unpaired) electrons. The highest BCUT2D eigenvalue weighted by atomic mass is 32.1. The number of nitrogens with one attached hydrogen (secondary N) is 2. The molecule has 9 heteroatoms. The molecule has 0 unspecified atom stereocenters. The van der Waals surface area contributed by atoms with Gasteiger partial charge in [-0.25, -0.2) is 9.80 Å². The fourth-order valence-corrected chi connectivity index (χ4v) is 2.28. The van der Waals surface area contributed by atoms with Crippen LogP contribution < -0.4 is 20.7 Å². The lowest BCUT2D eigenvalue weighted by molar-refractivity contribution is -0.140. The molecule has 2 aromatic rings. The van der Waals surface area contributed by atoms with Crippen molar-refractivity contribution < 1.29 is 14.4 Å². The average molecular weight is 369 g/mol. The van der Waals surface area contributed by atoms with Crippen LogP contribution in [0.3, 0.4) is 0 Å². The van der Waals surface area contributed by atoms with Crippen molar-refractivity contribution >= 4 is 34.7 Å². The largest absolute Gasteiger partial charge is 0.497 e. The Morgan fingerprint density at radius 1 is 1.23 bits per heavy atom. The number of anilines is 2. The number of hydrazine groups is 1. The number of hydrogen-bond donors (Lipinski definition) is 2. The lowest BCUT2D eigenvalue weighted by Crippen LogP contribution is -2.28. The highest BCUT2D eigenvalue weighted by molar-refractivity contribution is 7.80. The molecule has 8 nitrogen and oxygen atoms in total. The smallest absolute Gasteiger partial charge is 0.378 e. The van der Waals surface area contributed by atoms with Crippen LogP contribution in [0.5, 0.6) is 5.75 Å². The zero-order chi connectivity index (χ0) is 18.4. The standard InChI is InChI=1S/C17H15N5O3S/c1-24-14-9-7-13(8-10-14)22-15(16(23)25-21-22)11-18-20-17(26)19-12-5-3-2-4-6-12/h2-11,21H,1H3,(H,19,26). The Balaban J connectivity index is 1.70. The molecule has 1 heterocycles. The van der Waals surface area contributed by atoms with Gasteiger partial charge in [0, 0.05) is 5.69 Å². The zero-order valence-corrected chi connectivity index (χ0v) is 14.6. The number of nitrogens with zero attached hydrogens (tertiary/aromatic N) is 3. The Morgan fingerprint density at radius 2 is 1.96 bits per heavy atom.